The van der Waals surface area contributed by atoms with Gasteiger partial charge in [-0.05, 0) is 31.4 Å². The molecule has 0 spiro atoms. The molecule has 1 fully saturated rings. The number of hydrogen-bond acceptors (Lipinski definition) is 3. The molecular weight excluding hydrogens is 340 g/mol. The molecule has 19 heavy (non-hydrogen) atoms. The standard InChI is InChI=1S/C12H14BrF2NO2S/c1-19(17,18)11-4-2-3-10(11)16-12-8(14)5-7(13)6-9(12)15/h5-6,10-11,16H,2-4H2,1H3. The molecule has 0 aromatic heterocycles. The van der Waals surface area contributed by atoms with Gasteiger partial charge in [0.25, 0.3) is 0 Å². The van der Waals surface area contributed by atoms with Crippen molar-refractivity contribution in [1.29, 1.82) is 0 Å². The van der Waals surface area contributed by atoms with Gasteiger partial charge in [0.1, 0.15) is 17.3 Å². The first-order chi connectivity index (χ1) is 8.79. The monoisotopic (exact) mass is 353 g/mol. The normalized spacial score (nSPS) is 23.6. The van der Waals surface area contributed by atoms with Crippen LogP contribution in [0.4, 0.5) is 14.5 Å². The van der Waals surface area contributed by atoms with Gasteiger partial charge in [0.05, 0.1) is 5.25 Å². The van der Waals surface area contributed by atoms with Crippen molar-refractivity contribution < 1.29 is 17.2 Å². The van der Waals surface area contributed by atoms with Crippen LogP contribution in [0.3, 0.4) is 0 Å². The van der Waals surface area contributed by atoms with Gasteiger partial charge in [-0.25, -0.2) is 17.2 Å². The number of anilines is 1. The number of hydrogen-bond donors (Lipinski definition) is 1. The summed E-state index contributed by atoms with van der Waals surface area (Å²) < 4.78 is 51.0. The van der Waals surface area contributed by atoms with E-state index in [1.807, 2.05) is 0 Å². The van der Waals surface area contributed by atoms with E-state index in [2.05, 4.69) is 21.2 Å². The summed E-state index contributed by atoms with van der Waals surface area (Å²) in [6, 6.07) is 1.85. The average molecular weight is 354 g/mol. The minimum absolute atomic E-state index is 0.260. The Bertz CT molecular complexity index is 568. The second-order valence-corrected chi connectivity index (χ2v) is 7.97. The smallest absolute Gasteiger partial charge is 0.152 e. The highest BCUT2D eigenvalue weighted by Gasteiger charge is 2.35. The molecule has 1 N–H and O–H groups in total. The molecular formula is C12H14BrF2NO2S. The maximum atomic E-state index is 13.7. The zero-order chi connectivity index (χ0) is 14.2. The molecule has 2 rings (SSSR count). The van der Waals surface area contributed by atoms with E-state index < -0.39 is 32.8 Å². The van der Waals surface area contributed by atoms with Crippen LogP contribution < -0.4 is 5.32 Å². The van der Waals surface area contributed by atoms with Gasteiger partial charge in [0.2, 0.25) is 0 Å². The lowest BCUT2D eigenvalue weighted by Crippen LogP contribution is -2.34. The van der Waals surface area contributed by atoms with Crippen molar-refractivity contribution in [2.75, 3.05) is 11.6 Å². The summed E-state index contributed by atoms with van der Waals surface area (Å²) in [5.41, 5.74) is -0.260. The van der Waals surface area contributed by atoms with Crippen LogP contribution in [0.1, 0.15) is 19.3 Å². The average Bonchev–Trinajstić information content (AvgIpc) is 2.70. The molecule has 0 amide bonds. The number of halogens is 3. The van der Waals surface area contributed by atoms with Crippen molar-refractivity contribution in [2.24, 2.45) is 0 Å². The SMILES string of the molecule is CS(=O)(=O)C1CCCC1Nc1c(F)cc(Br)cc1F. The van der Waals surface area contributed by atoms with Crippen LogP contribution in [-0.2, 0) is 9.84 Å². The lowest BCUT2D eigenvalue weighted by molar-refractivity contribution is 0.567. The van der Waals surface area contributed by atoms with Gasteiger partial charge in [0, 0.05) is 16.8 Å². The number of benzene rings is 1. The molecule has 0 aliphatic heterocycles. The quantitative estimate of drug-likeness (QED) is 0.907. The lowest BCUT2D eigenvalue weighted by Gasteiger charge is -2.21. The fourth-order valence-corrected chi connectivity index (χ4v) is 4.27. The van der Waals surface area contributed by atoms with E-state index in [0.29, 0.717) is 17.3 Å². The predicted octanol–water partition coefficient (Wildman–Crippen LogP) is 3.10. The predicted molar refractivity (Wildman–Crippen MR) is 74.0 cm³/mol. The first-order valence-corrected chi connectivity index (χ1v) is 8.64. The first kappa shape index (κ1) is 14.7. The summed E-state index contributed by atoms with van der Waals surface area (Å²) in [6.45, 7) is 0. The number of nitrogens with one attached hydrogen (secondary N) is 1. The van der Waals surface area contributed by atoms with E-state index >= 15 is 0 Å². The highest BCUT2D eigenvalue weighted by molar-refractivity contribution is 9.10. The van der Waals surface area contributed by atoms with E-state index in [9.17, 15) is 17.2 Å². The second-order valence-electron chi connectivity index (χ2n) is 4.79. The molecule has 106 valence electrons. The maximum absolute atomic E-state index is 13.7. The minimum Gasteiger partial charge on any atom is -0.376 e. The third-order valence-corrected chi connectivity index (χ3v) is 5.46. The molecule has 1 aliphatic rings. The Hall–Kier alpha value is -0.690. The van der Waals surface area contributed by atoms with Crippen molar-refractivity contribution in [3.8, 4) is 0 Å². The zero-order valence-corrected chi connectivity index (χ0v) is 12.7. The van der Waals surface area contributed by atoms with Crippen LogP contribution in [0, 0.1) is 11.6 Å². The van der Waals surface area contributed by atoms with Crippen molar-refractivity contribution in [2.45, 2.75) is 30.6 Å². The maximum Gasteiger partial charge on any atom is 0.152 e. The fourth-order valence-electron chi connectivity index (χ4n) is 2.47. The highest BCUT2D eigenvalue weighted by Crippen LogP contribution is 2.31. The van der Waals surface area contributed by atoms with E-state index in [0.717, 1.165) is 24.8 Å². The van der Waals surface area contributed by atoms with Gasteiger partial charge in [-0.15, -0.1) is 0 Å². The summed E-state index contributed by atoms with van der Waals surface area (Å²) in [5, 5.41) is 2.12. The topological polar surface area (TPSA) is 46.2 Å². The van der Waals surface area contributed by atoms with Gasteiger partial charge in [-0.1, -0.05) is 15.9 Å². The van der Waals surface area contributed by atoms with Crippen LogP contribution in [0.15, 0.2) is 16.6 Å². The fraction of sp³-hybridized carbons (Fsp3) is 0.500. The Morgan fingerprint density at radius 2 is 1.84 bits per heavy atom. The summed E-state index contributed by atoms with van der Waals surface area (Å²) in [7, 11) is -3.22. The van der Waals surface area contributed by atoms with E-state index in [1.165, 1.54) is 0 Å². The van der Waals surface area contributed by atoms with Crippen molar-refractivity contribution >= 4 is 31.5 Å². The zero-order valence-electron chi connectivity index (χ0n) is 10.3. The van der Waals surface area contributed by atoms with E-state index in [-0.39, 0.29) is 5.69 Å². The number of rotatable bonds is 3. The third-order valence-electron chi connectivity index (χ3n) is 3.34. The van der Waals surface area contributed by atoms with Gasteiger partial charge >= 0.3 is 0 Å². The molecule has 2 unspecified atom stereocenters. The summed E-state index contributed by atoms with van der Waals surface area (Å²) in [4.78, 5) is 0. The van der Waals surface area contributed by atoms with Crippen molar-refractivity contribution in [3.05, 3.63) is 28.2 Å². The molecule has 2 atom stereocenters. The molecule has 1 aliphatic carbocycles. The van der Waals surface area contributed by atoms with Gasteiger partial charge < -0.3 is 5.32 Å². The van der Waals surface area contributed by atoms with Crippen LogP contribution in [0.2, 0.25) is 0 Å². The van der Waals surface area contributed by atoms with Crippen molar-refractivity contribution in [3.63, 3.8) is 0 Å². The van der Waals surface area contributed by atoms with Gasteiger partial charge in [-0.3, -0.25) is 0 Å². The van der Waals surface area contributed by atoms with Crippen LogP contribution in [0.5, 0.6) is 0 Å². The molecule has 0 heterocycles. The Kier molecular flexibility index (Phi) is 4.15. The second kappa shape index (κ2) is 5.36. The van der Waals surface area contributed by atoms with E-state index in [1.54, 1.807) is 0 Å². The Labute approximate surface area is 119 Å². The Morgan fingerprint density at radius 1 is 1.26 bits per heavy atom. The minimum atomic E-state index is -3.22. The van der Waals surface area contributed by atoms with Crippen LogP contribution in [-0.4, -0.2) is 26.0 Å². The molecule has 0 radical (unpaired) electrons. The van der Waals surface area contributed by atoms with Crippen LogP contribution >= 0.6 is 15.9 Å². The largest absolute Gasteiger partial charge is 0.376 e. The molecule has 0 saturated heterocycles. The Morgan fingerprint density at radius 3 is 2.37 bits per heavy atom. The molecule has 3 nitrogen and oxygen atoms in total. The molecule has 1 aromatic rings. The summed E-state index contributed by atoms with van der Waals surface area (Å²) in [6.07, 6.45) is 3.00. The first-order valence-electron chi connectivity index (χ1n) is 5.89. The Balaban J connectivity index is 2.27. The summed E-state index contributed by atoms with van der Waals surface area (Å²) >= 11 is 3.00. The van der Waals surface area contributed by atoms with Gasteiger partial charge in [0.15, 0.2) is 9.84 Å². The van der Waals surface area contributed by atoms with Crippen LogP contribution in [0.25, 0.3) is 0 Å². The van der Waals surface area contributed by atoms with Gasteiger partial charge in [-0.2, -0.15) is 0 Å². The molecule has 1 saturated carbocycles. The molecule has 0 bridgehead atoms. The van der Waals surface area contributed by atoms with E-state index in [4.69, 9.17) is 0 Å². The molecule has 1 aromatic carbocycles. The highest BCUT2D eigenvalue weighted by atomic mass is 79.9. The molecule has 7 heteroatoms. The van der Waals surface area contributed by atoms with Crippen molar-refractivity contribution in [1.82, 2.24) is 0 Å². The third kappa shape index (κ3) is 3.25. The number of sulfone groups is 1. The summed E-state index contributed by atoms with van der Waals surface area (Å²) in [5.74, 6) is -1.46. The lowest BCUT2D eigenvalue weighted by atomic mass is 10.2.